The van der Waals surface area contributed by atoms with Gasteiger partial charge in [0.2, 0.25) is 0 Å². The van der Waals surface area contributed by atoms with E-state index in [4.69, 9.17) is 0 Å². The molecule has 0 radical (unpaired) electrons. The van der Waals surface area contributed by atoms with Gasteiger partial charge in [0, 0.05) is 5.92 Å². The van der Waals surface area contributed by atoms with Crippen LogP contribution < -0.4 is 20.7 Å². The monoisotopic (exact) mass is 616 g/mol. The van der Waals surface area contributed by atoms with E-state index >= 15 is 0 Å². The predicted molar refractivity (Wildman–Crippen MR) is 196 cm³/mol. The summed E-state index contributed by atoms with van der Waals surface area (Å²) in [6.07, 6.45) is 1.80. The number of rotatable bonds is 10. The lowest BCUT2D eigenvalue weighted by Gasteiger charge is -2.43. The summed E-state index contributed by atoms with van der Waals surface area (Å²) in [5.41, 5.74) is 2.04. The second kappa shape index (κ2) is 13.6. The number of benzene rings is 6. The topological polar surface area (TPSA) is 20.2 Å². The number of hydrogen-bond acceptors (Lipinski definition) is 1. The summed E-state index contributed by atoms with van der Waals surface area (Å²) < 4.78 is 0. The summed E-state index contributed by atoms with van der Waals surface area (Å²) in [4.78, 5) is 1.48. The lowest BCUT2D eigenvalue weighted by Crippen LogP contribution is -2.70. The minimum Gasteiger partial charge on any atom is -0.387 e. The average Bonchev–Trinajstić information content (AvgIpc) is 3.13. The van der Waals surface area contributed by atoms with Crippen LogP contribution in [0.25, 0.3) is 0 Å². The second-order valence-corrected chi connectivity index (χ2v) is 20.5. The van der Waals surface area contributed by atoms with E-state index in [0.717, 1.165) is 11.1 Å². The Bertz CT molecular complexity index is 1640. The van der Waals surface area contributed by atoms with E-state index in [-0.39, 0.29) is 5.92 Å². The van der Waals surface area contributed by atoms with Crippen molar-refractivity contribution in [3.05, 3.63) is 204 Å². The fourth-order valence-electron chi connectivity index (χ4n) is 6.96. The van der Waals surface area contributed by atoms with Gasteiger partial charge in [-0.1, -0.05) is 227 Å². The maximum Gasteiger partial charge on any atom is 0.138 e. The maximum absolute atomic E-state index is 12.3. The fourth-order valence-corrected chi connectivity index (χ4v) is 19.1. The van der Waals surface area contributed by atoms with Crippen molar-refractivity contribution in [2.24, 2.45) is 0 Å². The van der Waals surface area contributed by atoms with Gasteiger partial charge in [-0.2, -0.15) is 0 Å². The molecule has 45 heavy (non-hydrogen) atoms. The predicted octanol–water partition coefficient (Wildman–Crippen LogP) is 7.29. The normalized spacial score (nSPS) is 13.0. The molecule has 0 saturated heterocycles. The van der Waals surface area contributed by atoms with Crippen molar-refractivity contribution in [1.82, 2.24) is 0 Å². The molecule has 0 aliphatic heterocycles. The Kier molecular flexibility index (Phi) is 9.22. The lowest BCUT2D eigenvalue weighted by atomic mass is 9.89. The van der Waals surface area contributed by atoms with Crippen LogP contribution in [0.1, 0.15) is 23.1 Å². The van der Waals surface area contributed by atoms with E-state index in [1.165, 1.54) is 25.6 Å². The Morgan fingerprint density at radius 3 is 1.00 bits per heavy atom. The van der Waals surface area contributed by atoms with Gasteiger partial charge < -0.3 is 5.11 Å². The summed E-state index contributed by atoms with van der Waals surface area (Å²) in [7, 11) is -5.33. The fraction of sp³-hybridized carbons (Fsp3) is 0.0952. The van der Waals surface area contributed by atoms with E-state index in [0.29, 0.717) is 0 Å². The van der Waals surface area contributed by atoms with Crippen LogP contribution in [-0.4, -0.2) is 21.3 Å². The van der Waals surface area contributed by atoms with E-state index in [1.807, 2.05) is 30.3 Å². The molecule has 1 N–H and O–H groups in total. The van der Waals surface area contributed by atoms with Gasteiger partial charge in [-0.3, -0.25) is 0 Å². The molecule has 0 aliphatic rings. The molecule has 2 unspecified atom stereocenters. The molecule has 3 heteroatoms. The average molecular weight is 617 g/mol. The standard InChI is InChI=1S/C42H40OSi2/c1-44(36-25-13-5-14-26-36,37-27-15-6-16-28-37)41(45(2,38-29-17-7-18-30-38)39-31-19-8-20-32-39)33-40(34-21-9-3-10-22-34)42(43)35-23-11-4-12-24-35/h3-33,40,42-43H,1-2H3. The van der Waals surface area contributed by atoms with Gasteiger partial charge in [0.15, 0.2) is 0 Å². The number of aliphatic hydroxyl groups is 1. The van der Waals surface area contributed by atoms with Crippen molar-refractivity contribution < 1.29 is 5.11 Å². The molecule has 0 aliphatic carbocycles. The van der Waals surface area contributed by atoms with Crippen LogP contribution in [0.2, 0.25) is 13.1 Å². The van der Waals surface area contributed by atoms with Crippen LogP contribution >= 0.6 is 0 Å². The SMILES string of the molecule is C[Si](C(=CC(c1ccccc1)C(O)c1ccccc1)[Si](C)(c1ccccc1)c1ccccc1)(c1ccccc1)c1ccccc1. The van der Waals surface area contributed by atoms with Gasteiger partial charge in [-0.15, -0.1) is 0 Å². The summed E-state index contributed by atoms with van der Waals surface area (Å²) >= 11 is 0. The van der Waals surface area contributed by atoms with Crippen molar-refractivity contribution in [3.8, 4) is 0 Å². The van der Waals surface area contributed by atoms with Crippen molar-refractivity contribution in [3.63, 3.8) is 0 Å². The molecule has 0 aromatic heterocycles. The van der Waals surface area contributed by atoms with E-state index in [9.17, 15) is 5.11 Å². The van der Waals surface area contributed by atoms with Crippen LogP contribution in [0.5, 0.6) is 0 Å². The first-order valence-electron chi connectivity index (χ1n) is 15.8. The van der Waals surface area contributed by atoms with E-state index in [2.05, 4.69) is 171 Å². The Morgan fingerprint density at radius 1 is 0.422 bits per heavy atom. The molecule has 6 aromatic rings. The highest BCUT2D eigenvalue weighted by atomic mass is 28.4. The van der Waals surface area contributed by atoms with Gasteiger partial charge in [0.25, 0.3) is 0 Å². The smallest absolute Gasteiger partial charge is 0.138 e. The van der Waals surface area contributed by atoms with Crippen molar-refractivity contribution >= 4 is 36.9 Å². The molecule has 6 rings (SSSR count). The molecule has 1 nitrogen and oxygen atoms in total. The molecule has 0 spiro atoms. The van der Waals surface area contributed by atoms with Gasteiger partial charge in [-0.25, -0.2) is 0 Å². The van der Waals surface area contributed by atoms with Crippen LogP contribution in [0.3, 0.4) is 0 Å². The van der Waals surface area contributed by atoms with E-state index < -0.39 is 22.3 Å². The minimum absolute atomic E-state index is 0.248. The quantitative estimate of drug-likeness (QED) is 0.160. The summed E-state index contributed by atoms with van der Waals surface area (Å²) in [6, 6.07) is 65.2. The molecule has 6 aromatic carbocycles. The third kappa shape index (κ3) is 6.07. The van der Waals surface area contributed by atoms with Gasteiger partial charge >= 0.3 is 0 Å². The molecular formula is C42H40OSi2. The molecule has 2 atom stereocenters. The molecule has 222 valence electrons. The minimum atomic E-state index is -2.66. The van der Waals surface area contributed by atoms with Crippen LogP contribution in [0, 0.1) is 0 Å². The first-order valence-corrected chi connectivity index (χ1v) is 20.8. The molecule has 0 heterocycles. The highest BCUT2D eigenvalue weighted by Gasteiger charge is 2.48. The highest BCUT2D eigenvalue weighted by Crippen LogP contribution is 2.37. The van der Waals surface area contributed by atoms with Crippen LogP contribution in [0.15, 0.2) is 193 Å². The largest absolute Gasteiger partial charge is 0.387 e. The van der Waals surface area contributed by atoms with Crippen LogP contribution in [0.4, 0.5) is 0 Å². The van der Waals surface area contributed by atoms with Crippen molar-refractivity contribution in [2.45, 2.75) is 25.1 Å². The molecule has 0 bridgehead atoms. The zero-order valence-corrected chi connectivity index (χ0v) is 28.0. The van der Waals surface area contributed by atoms with Gasteiger partial charge in [-0.05, 0) is 11.1 Å². The first-order chi connectivity index (χ1) is 22.0. The summed E-state index contributed by atoms with van der Waals surface area (Å²) in [5, 5.41) is 17.8. The molecular weight excluding hydrogens is 577 g/mol. The van der Waals surface area contributed by atoms with Crippen molar-refractivity contribution in [1.29, 1.82) is 0 Å². The number of hydrogen-bond donors (Lipinski definition) is 1. The summed E-state index contributed by atoms with van der Waals surface area (Å²) in [5.74, 6) is -0.248. The first kappa shape index (κ1) is 30.5. The number of aliphatic hydroxyl groups excluding tert-OH is 1. The molecule has 0 fully saturated rings. The zero-order chi connectivity index (χ0) is 31.1. The maximum atomic E-state index is 12.3. The van der Waals surface area contributed by atoms with Crippen LogP contribution in [-0.2, 0) is 0 Å². The summed E-state index contributed by atoms with van der Waals surface area (Å²) in [6.45, 7) is 5.05. The van der Waals surface area contributed by atoms with Gasteiger partial charge in [0.05, 0.1) is 6.10 Å². The Labute approximate surface area is 270 Å². The van der Waals surface area contributed by atoms with Gasteiger partial charge in [0.1, 0.15) is 16.1 Å². The lowest BCUT2D eigenvalue weighted by molar-refractivity contribution is 0.161. The zero-order valence-electron chi connectivity index (χ0n) is 26.0. The Hall–Kier alpha value is -4.55. The molecule has 0 saturated carbocycles. The third-order valence-electron chi connectivity index (χ3n) is 9.49. The Morgan fingerprint density at radius 2 is 0.689 bits per heavy atom. The molecule has 0 amide bonds. The van der Waals surface area contributed by atoms with E-state index in [1.54, 1.807) is 0 Å². The van der Waals surface area contributed by atoms with Crippen molar-refractivity contribution in [2.75, 3.05) is 0 Å². The Balaban J connectivity index is 1.75. The third-order valence-corrected chi connectivity index (χ3v) is 20.9. The highest BCUT2D eigenvalue weighted by molar-refractivity contribution is 7.24. The second-order valence-electron chi connectivity index (χ2n) is 12.1.